The summed E-state index contributed by atoms with van der Waals surface area (Å²) in [5.41, 5.74) is 0.0436. The highest BCUT2D eigenvalue weighted by Crippen LogP contribution is 2.25. The highest BCUT2D eigenvalue weighted by atomic mass is 32.2. The molecule has 0 spiro atoms. The molecule has 3 aromatic rings. The lowest BCUT2D eigenvalue weighted by molar-refractivity contribution is 0.140. The summed E-state index contributed by atoms with van der Waals surface area (Å²) in [6.07, 6.45) is 0.305. The number of nitrogens with one attached hydrogen (secondary N) is 1. The second-order valence-electron chi connectivity index (χ2n) is 5.66. The van der Waals surface area contributed by atoms with Crippen molar-refractivity contribution < 1.29 is 22.3 Å². The number of rotatable bonds is 5. The fourth-order valence-corrected chi connectivity index (χ4v) is 3.74. The Morgan fingerprint density at radius 3 is 2.69 bits per heavy atom. The smallest absolute Gasteiger partial charge is 0.407 e. The molecule has 11 heteroatoms. The summed E-state index contributed by atoms with van der Waals surface area (Å²) in [6, 6.07) is 11.0. The van der Waals surface area contributed by atoms with Gasteiger partial charge in [0, 0.05) is 19.3 Å². The van der Waals surface area contributed by atoms with E-state index in [1.165, 1.54) is 43.4 Å². The van der Waals surface area contributed by atoms with Crippen molar-refractivity contribution in [3.05, 3.63) is 65.9 Å². The van der Waals surface area contributed by atoms with E-state index in [0.717, 1.165) is 16.9 Å². The number of pyridine rings is 1. The molecule has 9 nitrogen and oxygen atoms in total. The molecule has 29 heavy (non-hydrogen) atoms. The standard InChI is InChI=1S/C18H14FN5O4S/c1-21-18(25)28-11-13-8-17(24(23-13)16-5-3-2-4-15(16)19)29(26,27)14-7-6-12(9-20)22-10-14/h2-8,10H,11H2,1H3,(H,21,25). The van der Waals surface area contributed by atoms with Crippen LogP contribution < -0.4 is 5.32 Å². The van der Waals surface area contributed by atoms with E-state index in [4.69, 9.17) is 10.00 Å². The van der Waals surface area contributed by atoms with E-state index in [-0.39, 0.29) is 33.6 Å². The summed E-state index contributed by atoms with van der Waals surface area (Å²) < 4.78 is 46.4. The lowest BCUT2D eigenvalue weighted by Crippen LogP contribution is -2.19. The lowest BCUT2D eigenvalue weighted by atomic mass is 10.3. The summed E-state index contributed by atoms with van der Waals surface area (Å²) in [4.78, 5) is 14.9. The van der Waals surface area contributed by atoms with Crippen molar-refractivity contribution >= 4 is 15.9 Å². The van der Waals surface area contributed by atoms with E-state index in [9.17, 15) is 17.6 Å². The number of carbonyl (C=O) groups excluding carboxylic acids is 1. The van der Waals surface area contributed by atoms with Crippen LogP contribution in [0.5, 0.6) is 0 Å². The minimum absolute atomic E-state index is 0.0474. The van der Waals surface area contributed by atoms with Gasteiger partial charge in [-0.05, 0) is 24.3 Å². The Kier molecular flexibility index (Phi) is 5.56. The van der Waals surface area contributed by atoms with Crippen molar-refractivity contribution in [1.82, 2.24) is 20.1 Å². The van der Waals surface area contributed by atoms with Crippen molar-refractivity contribution in [3.63, 3.8) is 0 Å². The topological polar surface area (TPSA) is 127 Å². The number of benzene rings is 1. The van der Waals surface area contributed by atoms with Crippen molar-refractivity contribution in [2.45, 2.75) is 16.5 Å². The molecule has 3 rings (SSSR count). The maximum atomic E-state index is 14.3. The van der Waals surface area contributed by atoms with Gasteiger partial charge in [0.2, 0.25) is 9.84 Å². The molecule has 1 N–H and O–H groups in total. The monoisotopic (exact) mass is 415 g/mol. The minimum Gasteiger partial charge on any atom is -0.443 e. The quantitative estimate of drug-likeness (QED) is 0.675. The molecule has 2 heterocycles. The first-order chi connectivity index (χ1) is 13.9. The van der Waals surface area contributed by atoms with E-state index in [1.54, 1.807) is 6.07 Å². The van der Waals surface area contributed by atoms with Crippen LogP contribution in [0.4, 0.5) is 9.18 Å². The molecule has 0 unspecified atom stereocenters. The van der Waals surface area contributed by atoms with Crippen LogP contribution >= 0.6 is 0 Å². The predicted octanol–water partition coefficient (Wildman–Crippen LogP) is 1.97. The fraction of sp³-hybridized carbons (Fsp3) is 0.111. The highest BCUT2D eigenvalue weighted by Gasteiger charge is 2.26. The third-order valence-corrected chi connectivity index (χ3v) is 5.50. The van der Waals surface area contributed by atoms with Crippen molar-refractivity contribution in [2.24, 2.45) is 0 Å². The molecular formula is C18H14FN5O4S. The van der Waals surface area contributed by atoms with Gasteiger partial charge >= 0.3 is 6.09 Å². The van der Waals surface area contributed by atoms with Gasteiger partial charge < -0.3 is 10.1 Å². The number of hydrogen-bond acceptors (Lipinski definition) is 7. The largest absolute Gasteiger partial charge is 0.443 e. The zero-order valence-electron chi connectivity index (χ0n) is 15.0. The van der Waals surface area contributed by atoms with E-state index >= 15 is 0 Å². The summed E-state index contributed by atoms with van der Waals surface area (Å²) in [5, 5.41) is 14.8. The molecule has 0 radical (unpaired) electrons. The minimum atomic E-state index is -4.18. The SMILES string of the molecule is CNC(=O)OCc1cc(S(=O)(=O)c2ccc(C#N)nc2)n(-c2ccccc2F)n1. The Morgan fingerprint density at radius 1 is 1.31 bits per heavy atom. The number of ether oxygens (including phenoxy) is 1. The molecule has 0 fully saturated rings. The molecule has 148 valence electrons. The lowest BCUT2D eigenvalue weighted by Gasteiger charge is -2.09. The van der Waals surface area contributed by atoms with Crippen LogP contribution in [-0.4, -0.2) is 36.3 Å². The Labute approximate surface area is 165 Å². The zero-order valence-corrected chi connectivity index (χ0v) is 15.9. The van der Waals surface area contributed by atoms with Gasteiger partial charge in [-0.1, -0.05) is 12.1 Å². The van der Waals surface area contributed by atoms with E-state index < -0.39 is 21.7 Å². The van der Waals surface area contributed by atoms with E-state index in [0.29, 0.717) is 0 Å². The van der Waals surface area contributed by atoms with Crippen molar-refractivity contribution in [2.75, 3.05) is 7.05 Å². The summed E-state index contributed by atoms with van der Waals surface area (Å²) in [5.74, 6) is -0.691. The number of para-hydroxylation sites is 1. The highest BCUT2D eigenvalue weighted by molar-refractivity contribution is 7.91. The van der Waals surface area contributed by atoms with Gasteiger partial charge in [-0.25, -0.2) is 27.3 Å². The molecular weight excluding hydrogens is 401 g/mol. The second-order valence-corrected chi connectivity index (χ2v) is 7.55. The molecule has 0 aliphatic rings. The van der Waals surface area contributed by atoms with Crippen LogP contribution in [0.1, 0.15) is 11.4 Å². The average molecular weight is 415 g/mol. The summed E-state index contributed by atoms with van der Waals surface area (Å²) >= 11 is 0. The van der Waals surface area contributed by atoms with Gasteiger partial charge in [-0.3, -0.25) is 0 Å². The predicted molar refractivity (Wildman–Crippen MR) is 97.2 cm³/mol. The van der Waals surface area contributed by atoms with Crippen LogP contribution in [0.15, 0.2) is 58.6 Å². The summed E-state index contributed by atoms with van der Waals surface area (Å²) in [6.45, 7) is -0.324. The number of halogens is 1. The number of nitriles is 1. The third-order valence-electron chi connectivity index (χ3n) is 3.80. The summed E-state index contributed by atoms with van der Waals surface area (Å²) in [7, 11) is -2.81. The van der Waals surface area contributed by atoms with Gasteiger partial charge in [-0.15, -0.1) is 0 Å². The fourth-order valence-electron chi connectivity index (χ4n) is 2.41. The van der Waals surface area contributed by atoms with E-state index in [1.807, 2.05) is 0 Å². The molecule has 1 aromatic carbocycles. The van der Waals surface area contributed by atoms with Crippen molar-refractivity contribution in [1.29, 1.82) is 5.26 Å². The molecule has 1 amide bonds. The molecule has 0 aliphatic carbocycles. The number of nitrogens with zero attached hydrogens (tertiary/aromatic N) is 4. The van der Waals surface area contributed by atoms with Crippen LogP contribution in [0.2, 0.25) is 0 Å². The molecule has 0 aliphatic heterocycles. The molecule has 2 aromatic heterocycles. The number of sulfone groups is 1. The van der Waals surface area contributed by atoms with Gasteiger partial charge in [-0.2, -0.15) is 10.4 Å². The van der Waals surface area contributed by atoms with Crippen LogP contribution in [0.3, 0.4) is 0 Å². The molecule has 0 atom stereocenters. The zero-order chi connectivity index (χ0) is 21.0. The second kappa shape index (κ2) is 8.07. The number of carbonyl (C=O) groups is 1. The van der Waals surface area contributed by atoms with Crippen LogP contribution in [-0.2, 0) is 21.2 Å². The van der Waals surface area contributed by atoms with Crippen LogP contribution in [0.25, 0.3) is 5.69 Å². The normalized spacial score (nSPS) is 10.9. The van der Waals surface area contributed by atoms with Crippen molar-refractivity contribution in [3.8, 4) is 11.8 Å². The number of alkyl carbamates (subject to hydrolysis) is 1. The van der Waals surface area contributed by atoms with Gasteiger partial charge in [0.25, 0.3) is 0 Å². The van der Waals surface area contributed by atoms with Gasteiger partial charge in [0.1, 0.15) is 35.6 Å². The molecule has 0 saturated carbocycles. The average Bonchev–Trinajstić information content (AvgIpc) is 3.17. The van der Waals surface area contributed by atoms with E-state index in [2.05, 4.69) is 15.4 Å². The maximum Gasteiger partial charge on any atom is 0.407 e. The Morgan fingerprint density at radius 2 is 2.07 bits per heavy atom. The first kappa shape index (κ1) is 20.0. The number of aromatic nitrogens is 3. The van der Waals surface area contributed by atoms with Crippen LogP contribution in [0, 0.1) is 17.1 Å². The Balaban J connectivity index is 2.12. The van der Waals surface area contributed by atoms with Gasteiger partial charge in [0.05, 0.1) is 4.90 Å². The van der Waals surface area contributed by atoms with Gasteiger partial charge in [0.15, 0.2) is 5.03 Å². The Hall–Kier alpha value is -3.78. The Bertz CT molecular complexity index is 1200. The molecule has 0 saturated heterocycles. The first-order valence-corrected chi connectivity index (χ1v) is 9.64. The molecule has 0 bridgehead atoms. The maximum absolute atomic E-state index is 14.3. The number of amides is 1. The number of hydrogen-bond donors (Lipinski definition) is 1. The third kappa shape index (κ3) is 4.07. The first-order valence-electron chi connectivity index (χ1n) is 8.16.